The van der Waals surface area contributed by atoms with Gasteiger partial charge in [-0.3, -0.25) is 4.79 Å². The second-order valence-electron chi connectivity index (χ2n) is 6.07. The van der Waals surface area contributed by atoms with E-state index in [2.05, 4.69) is 19.2 Å². The second kappa shape index (κ2) is 5.81. The van der Waals surface area contributed by atoms with Crippen molar-refractivity contribution in [2.75, 3.05) is 7.11 Å². The molecule has 1 atom stereocenters. The van der Waals surface area contributed by atoms with Gasteiger partial charge in [-0.25, -0.2) is 4.39 Å². The van der Waals surface area contributed by atoms with Crippen molar-refractivity contribution in [3.05, 3.63) is 29.6 Å². The van der Waals surface area contributed by atoms with Crippen LogP contribution in [0.2, 0.25) is 0 Å². The average molecular weight is 279 g/mol. The van der Waals surface area contributed by atoms with Gasteiger partial charge in [-0.2, -0.15) is 0 Å². The summed E-state index contributed by atoms with van der Waals surface area (Å²) >= 11 is 0. The molecule has 0 aliphatic carbocycles. The SMILES string of the molecule is COc1ccc(CC2(CC(C)C)CCC(=O)N2)cc1F. The van der Waals surface area contributed by atoms with Crippen molar-refractivity contribution in [2.24, 2.45) is 5.92 Å². The zero-order valence-electron chi connectivity index (χ0n) is 12.3. The monoisotopic (exact) mass is 279 g/mol. The van der Waals surface area contributed by atoms with Gasteiger partial charge < -0.3 is 10.1 Å². The van der Waals surface area contributed by atoms with Crippen LogP contribution in [0.3, 0.4) is 0 Å². The molecule has 1 fully saturated rings. The number of amides is 1. The van der Waals surface area contributed by atoms with Crippen LogP contribution in [0.5, 0.6) is 5.75 Å². The highest BCUT2D eigenvalue weighted by atomic mass is 19.1. The molecule has 110 valence electrons. The third-order valence-corrected chi connectivity index (χ3v) is 3.79. The minimum atomic E-state index is -0.353. The molecule has 1 unspecified atom stereocenters. The van der Waals surface area contributed by atoms with Crippen molar-refractivity contribution >= 4 is 5.91 Å². The van der Waals surface area contributed by atoms with Gasteiger partial charge in [0.25, 0.3) is 0 Å². The van der Waals surface area contributed by atoms with Crippen LogP contribution in [0.25, 0.3) is 0 Å². The van der Waals surface area contributed by atoms with Gasteiger partial charge in [0.1, 0.15) is 0 Å². The van der Waals surface area contributed by atoms with E-state index in [9.17, 15) is 9.18 Å². The highest BCUT2D eigenvalue weighted by molar-refractivity contribution is 5.79. The van der Waals surface area contributed by atoms with Gasteiger partial charge in [0, 0.05) is 12.0 Å². The quantitative estimate of drug-likeness (QED) is 0.899. The van der Waals surface area contributed by atoms with E-state index in [1.807, 2.05) is 6.07 Å². The van der Waals surface area contributed by atoms with Crippen molar-refractivity contribution in [1.29, 1.82) is 0 Å². The number of carbonyl (C=O) groups excluding carboxylic acids is 1. The van der Waals surface area contributed by atoms with Gasteiger partial charge in [0.15, 0.2) is 11.6 Å². The Morgan fingerprint density at radius 3 is 2.70 bits per heavy atom. The van der Waals surface area contributed by atoms with Crippen molar-refractivity contribution in [3.63, 3.8) is 0 Å². The average Bonchev–Trinajstić information content (AvgIpc) is 2.69. The second-order valence-corrected chi connectivity index (χ2v) is 6.07. The summed E-state index contributed by atoms with van der Waals surface area (Å²) in [6, 6.07) is 5.02. The third kappa shape index (κ3) is 3.30. The number of benzene rings is 1. The first kappa shape index (κ1) is 14.8. The van der Waals surface area contributed by atoms with Crippen molar-refractivity contribution in [3.8, 4) is 5.75 Å². The summed E-state index contributed by atoms with van der Waals surface area (Å²) in [6.45, 7) is 4.28. The van der Waals surface area contributed by atoms with Crippen LogP contribution >= 0.6 is 0 Å². The molecule has 0 radical (unpaired) electrons. The Hall–Kier alpha value is -1.58. The molecule has 0 spiro atoms. The molecule has 1 aliphatic heterocycles. The van der Waals surface area contributed by atoms with Gasteiger partial charge in [-0.1, -0.05) is 19.9 Å². The van der Waals surface area contributed by atoms with Crippen LogP contribution in [0.4, 0.5) is 4.39 Å². The van der Waals surface area contributed by atoms with Crippen molar-refractivity contribution < 1.29 is 13.9 Å². The van der Waals surface area contributed by atoms with Crippen molar-refractivity contribution in [2.45, 2.75) is 45.1 Å². The maximum absolute atomic E-state index is 13.8. The van der Waals surface area contributed by atoms with E-state index in [1.54, 1.807) is 6.07 Å². The number of ether oxygens (including phenoxy) is 1. The Bertz CT molecular complexity index is 501. The molecule has 4 heteroatoms. The molecule has 1 amide bonds. The van der Waals surface area contributed by atoms with Gasteiger partial charge in [0.05, 0.1) is 7.11 Å². The number of rotatable bonds is 5. The summed E-state index contributed by atoms with van der Waals surface area (Å²) in [7, 11) is 1.45. The number of hydrogen-bond acceptors (Lipinski definition) is 2. The van der Waals surface area contributed by atoms with Crippen molar-refractivity contribution in [1.82, 2.24) is 5.32 Å². The third-order valence-electron chi connectivity index (χ3n) is 3.79. The van der Waals surface area contributed by atoms with Crippen LogP contribution in [-0.2, 0) is 11.2 Å². The molecule has 2 rings (SSSR count). The maximum atomic E-state index is 13.8. The predicted octanol–water partition coefficient (Wildman–Crippen LogP) is 3.07. The molecule has 1 aromatic carbocycles. The van der Waals surface area contributed by atoms with Gasteiger partial charge >= 0.3 is 0 Å². The van der Waals surface area contributed by atoms with Crippen LogP contribution in [0, 0.1) is 11.7 Å². The molecule has 0 saturated carbocycles. The molecule has 1 aliphatic rings. The van der Waals surface area contributed by atoms with E-state index in [0.717, 1.165) is 18.4 Å². The molecule has 0 bridgehead atoms. The zero-order valence-corrected chi connectivity index (χ0v) is 12.3. The number of nitrogens with one attached hydrogen (secondary N) is 1. The van der Waals surface area contributed by atoms with E-state index in [1.165, 1.54) is 13.2 Å². The number of hydrogen-bond donors (Lipinski definition) is 1. The summed E-state index contributed by atoms with van der Waals surface area (Å²) < 4.78 is 18.7. The van der Waals surface area contributed by atoms with E-state index in [4.69, 9.17) is 4.74 Å². The maximum Gasteiger partial charge on any atom is 0.220 e. The van der Waals surface area contributed by atoms with Gasteiger partial charge in [-0.05, 0) is 42.9 Å². The van der Waals surface area contributed by atoms with Crippen LogP contribution in [-0.4, -0.2) is 18.6 Å². The highest BCUT2D eigenvalue weighted by Gasteiger charge is 2.38. The minimum absolute atomic E-state index is 0.0969. The smallest absolute Gasteiger partial charge is 0.220 e. The zero-order chi connectivity index (χ0) is 14.8. The lowest BCUT2D eigenvalue weighted by Crippen LogP contribution is -2.44. The lowest BCUT2D eigenvalue weighted by atomic mass is 9.82. The Kier molecular flexibility index (Phi) is 4.31. The molecular formula is C16H22FNO2. The summed E-state index contributed by atoms with van der Waals surface area (Å²) in [5, 5.41) is 3.10. The Balaban J connectivity index is 2.20. The molecule has 1 aromatic rings. The standard InChI is InChI=1S/C16H22FNO2/c1-11(2)9-16(7-6-15(19)18-16)10-12-4-5-14(20-3)13(17)8-12/h4-5,8,11H,6-7,9-10H2,1-3H3,(H,18,19). The highest BCUT2D eigenvalue weighted by Crippen LogP contribution is 2.32. The number of methoxy groups -OCH3 is 1. The molecule has 1 saturated heterocycles. The van der Waals surface area contributed by atoms with E-state index >= 15 is 0 Å². The lowest BCUT2D eigenvalue weighted by molar-refractivity contribution is -0.119. The normalized spacial score (nSPS) is 22.1. The number of halogens is 1. The first-order valence-electron chi connectivity index (χ1n) is 7.07. The fraction of sp³-hybridized carbons (Fsp3) is 0.562. The largest absolute Gasteiger partial charge is 0.494 e. The van der Waals surface area contributed by atoms with Gasteiger partial charge in [0.2, 0.25) is 5.91 Å². The topological polar surface area (TPSA) is 38.3 Å². The Morgan fingerprint density at radius 2 is 2.20 bits per heavy atom. The first-order valence-corrected chi connectivity index (χ1v) is 7.07. The molecule has 0 aromatic heterocycles. The lowest BCUT2D eigenvalue weighted by Gasteiger charge is -2.31. The fourth-order valence-electron chi connectivity index (χ4n) is 3.12. The van der Waals surface area contributed by atoms with Crippen LogP contribution in [0.15, 0.2) is 18.2 Å². The Labute approximate surface area is 119 Å². The summed E-state index contributed by atoms with van der Waals surface area (Å²) in [5.74, 6) is 0.479. The summed E-state index contributed by atoms with van der Waals surface area (Å²) in [4.78, 5) is 11.6. The summed E-state index contributed by atoms with van der Waals surface area (Å²) in [5.41, 5.74) is 0.665. The van der Waals surface area contributed by atoms with Crippen LogP contribution in [0.1, 0.15) is 38.7 Å². The molecular weight excluding hydrogens is 257 g/mol. The summed E-state index contributed by atoms with van der Waals surface area (Å²) in [6.07, 6.45) is 2.95. The molecule has 3 nitrogen and oxygen atoms in total. The molecule has 1 N–H and O–H groups in total. The fourth-order valence-corrected chi connectivity index (χ4v) is 3.12. The predicted molar refractivity (Wildman–Crippen MR) is 76.2 cm³/mol. The minimum Gasteiger partial charge on any atom is -0.494 e. The van der Waals surface area contributed by atoms with Crippen LogP contribution < -0.4 is 10.1 Å². The first-order chi connectivity index (χ1) is 9.44. The molecule has 20 heavy (non-hydrogen) atoms. The van der Waals surface area contributed by atoms with E-state index in [-0.39, 0.29) is 23.0 Å². The number of carbonyl (C=O) groups is 1. The van der Waals surface area contributed by atoms with E-state index < -0.39 is 0 Å². The van der Waals surface area contributed by atoms with E-state index in [0.29, 0.717) is 18.8 Å². The Morgan fingerprint density at radius 1 is 1.45 bits per heavy atom. The molecule has 1 heterocycles. The van der Waals surface area contributed by atoms with Gasteiger partial charge in [-0.15, -0.1) is 0 Å².